The molecule has 3 rings (SSSR count). The summed E-state index contributed by atoms with van der Waals surface area (Å²) in [6.45, 7) is 6.36. The van der Waals surface area contributed by atoms with Crippen molar-refractivity contribution in [3.8, 4) is 5.75 Å². The number of benzene rings is 1. The van der Waals surface area contributed by atoms with Crippen molar-refractivity contribution in [1.82, 2.24) is 14.7 Å². The average Bonchev–Trinajstić information content (AvgIpc) is 3.08. The standard InChI is InChI=1S/C20H20N4O3/c1-3-12-21-20(26)18-23-17(16-7-5-6-13-24(16)18)19(25)22-14-8-10-15(11-9-14)27-4-2/h3,5-11,13H,1,4,12H2,2H3,(H,21,26)(H,22,25). The van der Waals surface area contributed by atoms with Crippen molar-refractivity contribution in [3.05, 3.63) is 72.8 Å². The van der Waals surface area contributed by atoms with E-state index in [2.05, 4.69) is 22.2 Å². The molecule has 0 fully saturated rings. The Morgan fingerprint density at radius 1 is 1.19 bits per heavy atom. The third-order valence-electron chi connectivity index (χ3n) is 3.80. The van der Waals surface area contributed by atoms with Crippen molar-refractivity contribution in [2.75, 3.05) is 18.5 Å². The minimum atomic E-state index is -0.398. The summed E-state index contributed by atoms with van der Waals surface area (Å²) in [6.07, 6.45) is 3.27. The molecule has 0 unspecified atom stereocenters. The highest BCUT2D eigenvalue weighted by Gasteiger charge is 2.21. The van der Waals surface area contributed by atoms with Gasteiger partial charge >= 0.3 is 0 Å². The van der Waals surface area contributed by atoms with Crippen LogP contribution in [-0.4, -0.2) is 34.4 Å². The molecule has 0 aliphatic heterocycles. The number of nitrogens with zero attached hydrogens (tertiary/aromatic N) is 2. The van der Waals surface area contributed by atoms with Gasteiger partial charge in [0.1, 0.15) is 5.75 Å². The van der Waals surface area contributed by atoms with Crippen LogP contribution in [-0.2, 0) is 0 Å². The Balaban J connectivity index is 1.88. The molecule has 0 saturated carbocycles. The van der Waals surface area contributed by atoms with Crippen LogP contribution >= 0.6 is 0 Å². The highest BCUT2D eigenvalue weighted by molar-refractivity contribution is 6.08. The number of carbonyl (C=O) groups excluding carboxylic acids is 2. The zero-order chi connectivity index (χ0) is 19.2. The average molecular weight is 364 g/mol. The molecule has 2 aromatic heterocycles. The van der Waals surface area contributed by atoms with E-state index in [9.17, 15) is 9.59 Å². The molecule has 0 saturated heterocycles. The summed E-state index contributed by atoms with van der Waals surface area (Å²) in [7, 11) is 0. The second-order valence-electron chi connectivity index (χ2n) is 5.65. The Bertz CT molecular complexity index is 977. The maximum atomic E-state index is 12.7. The fourth-order valence-electron chi connectivity index (χ4n) is 2.60. The first-order chi connectivity index (χ1) is 13.1. The van der Waals surface area contributed by atoms with Gasteiger partial charge in [0.15, 0.2) is 5.69 Å². The lowest BCUT2D eigenvalue weighted by atomic mass is 10.2. The Morgan fingerprint density at radius 3 is 2.67 bits per heavy atom. The summed E-state index contributed by atoms with van der Waals surface area (Å²) in [4.78, 5) is 29.3. The largest absolute Gasteiger partial charge is 0.494 e. The van der Waals surface area contributed by atoms with Crippen LogP contribution in [0.25, 0.3) is 5.52 Å². The van der Waals surface area contributed by atoms with Gasteiger partial charge in [-0.15, -0.1) is 6.58 Å². The van der Waals surface area contributed by atoms with E-state index in [0.29, 0.717) is 24.4 Å². The van der Waals surface area contributed by atoms with Gasteiger partial charge in [-0.3, -0.25) is 14.0 Å². The van der Waals surface area contributed by atoms with E-state index < -0.39 is 5.91 Å². The van der Waals surface area contributed by atoms with E-state index in [1.54, 1.807) is 59.1 Å². The van der Waals surface area contributed by atoms with Crippen LogP contribution in [0.2, 0.25) is 0 Å². The van der Waals surface area contributed by atoms with E-state index >= 15 is 0 Å². The second kappa shape index (κ2) is 8.18. The molecule has 138 valence electrons. The van der Waals surface area contributed by atoms with Crippen molar-refractivity contribution in [2.24, 2.45) is 0 Å². The monoisotopic (exact) mass is 364 g/mol. The summed E-state index contributed by atoms with van der Waals surface area (Å²) in [6, 6.07) is 12.3. The molecule has 0 aliphatic carbocycles. The van der Waals surface area contributed by atoms with Crippen LogP contribution in [0.1, 0.15) is 28.0 Å². The predicted molar refractivity (Wildman–Crippen MR) is 103 cm³/mol. The maximum Gasteiger partial charge on any atom is 0.287 e. The highest BCUT2D eigenvalue weighted by Crippen LogP contribution is 2.18. The number of aromatic nitrogens is 2. The van der Waals surface area contributed by atoms with Gasteiger partial charge < -0.3 is 15.4 Å². The van der Waals surface area contributed by atoms with Gasteiger partial charge in [0.05, 0.1) is 12.1 Å². The van der Waals surface area contributed by atoms with Crippen LogP contribution in [0, 0.1) is 0 Å². The highest BCUT2D eigenvalue weighted by atomic mass is 16.5. The minimum absolute atomic E-state index is 0.143. The fourth-order valence-corrected chi connectivity index (χ4v) is 2.60. The summed E-state index contributed by atoms with van der Waals surface area (Å²) < 4.78 is 6.98. The SMILES string of the molecule is C=CCNC(=O)c1nc(C(=O)Nc2ccc(OCC)cc2)c2ccccn12. The van der Waals surface area contributed by atoms with Gasteiger partial charge in [-0.2, -0.15) is 0 Å². The molecule has 0 spiro atoms. The number of carbonyl (C=O) groups is 2. The Kier molecular flexibility index (Phi) is 5.51. The topological polar surface area (TPSA) is 84.7 Å². The summed E-state index contributed by atoms with van der Waals surface area (Å²) in [5.41, 5.74) is 1.33. The summed E-state index contributed by atoms with van der Waals surface area (Å²) in [5, 5.41) is 5.47. The van der Waals surface area contributed by atoms with E-state index in [0.717, 1.165) is 5.75 Å². The third-order valence-corrected chi connectivity index (χ3v) is 3.80. The van der Waals surface area contributed by atoms with Crippen molar-refractivity contribution in [1.29, 1.82) is 0 Å². The number of ether oxygens (including phenoxy) is 1. The summed E-state index contributed by atoms with van der Waals surface area (Å²) in [5.74, 6) is 0.0928. The molecule has 0 aliphatic rings. The van der Waals surface area contributed by atoms with Gasteiger partial charge in [0.2, 0.25) is 5.82 Å². The first kappa shape index (κ1) is 18.2. The first-order valence-corrected chi connectivity index (χ1v) is 8.54. The zero-order valence-corrected chi connectivity index (χ0v) is 14.9. The van der Waals surface area contributed by atoms with Crippen LogP contribution in [0.3, 0.4) is 0 Å². The van der Waals surface area contributed by atoms with Crippen molar-refractivity contribution in [3.63, 3.8) is 0 Å². The molecule has 0 bridgehead atoms. The molecule has 7 nitrogen and oxygen atoms in total. The number of rotatable bonds is 7. The predicted octanol–water partition coefficient (Wildman–Crippen LogP) is 2.90. The number of imidazole rings is 1. The van der Waals surface area contributed by atoms with Crippen molar-refractivity contribution < 1.29 is 14.3 Å². The summed E-state index contributed by atoms with van der Waals surface area (Å²) >= 11 is 0. The lowest BCUT2D eigenvalue weighted by Crippen LogP contribution is -2.25. The molecular weight excluding hydrogens is 344 g/mol. The number of hydrogen-bond acceptors (Lipinski definition) is 4. The normalized spacial score (nSPS) is 10.4. The van der Waals surface area contributed by atoms with E-state index in [4.69, 9.17) is 4.74 Å². The number of hydrogen-bond donors (Lipinski definition) is 2. The minimum Gasteiger partial charge on any atom is -0.494 e. The lowest BCUT2D eigenvalue weighted by Gasteiger charge is -2.06. The molecule has 2 amide bonds. The fraction of sp³-hybridized carbons (Fsp3) is 0.150. The first-order valence-electron chi connectivity index (χ1n) is 8.54. The lowest BCUT2D eigenvalue weighted by molar-refractivity contribution is 0.0947. The molecule has 2 N–H and O–H groups in total. The van der Waals surface area contributed by atoms with E-state index in [1.165, 1.54) is 0 Å². The maximum absolute atomic E-state index is 12.7. The van der Waals surface area contributed by atoms with Crippen molar-refractivity contribution >= 4 is 23.0 Å². The molecule has 0 radical (unpaired) electrons. The van der Waals surface area contributed by atoms with Crippen LogP contribution in [0.5, 0.6) is 5.75 Å². The molecule has 2 heterocycles. The zero-order valence-electron chi connectivity index (χ0n) is 14.9. The van der Waals surface area contributed by atoms with E-state index in [-0.39, 0.29) is 17.4 Å². The van der Waals surface area contributed by atoms with Crippen LogP contribution in [0.4, 0.5) is 5.69 Å². The number of amides is 2. The van der Waals surface area contributed by atoms with Crippen LogP contribution in [0.15, 0.2) is 61.3 Å². The molecule has 0 atom stereocenters. The molecular formula is C20H20N4O3. The van der Waals surface area contributed by atoms with E-state index in [1.807, 2.05) is 6.92 Å². The number of pyridine rings is 1. The molecule has 7 heteroatoms. The van der Waals surface area contributed by atoms with Crippen LogP contribution < -0.4 is 15.4 Å². The van der Waals surface area contributed by atoms with Crippen molar-refractivity contribution in [2.45, 2.75) is 6.92 Å². The van der Waals surface area contributed by atoms with Gasteiger partial charge in [-0.05, 0) is 43.3 Å². The third kappa shape index (κ3) is 3.98. The van der Waals surface area contributed by atoms with Gasteiger partial charge in [0, 0.05) is 18.4 Å². The smallest absolute Gasteiger partial charge is 0.287 e. The quantitative estimate of drug-likeness (QED) is 0.631. The number of anilines is 1. The molecule has 3 aromatic rings. The van der Waals surface area contributed by atoms with Gasteiger partial charge in [0.25, 0.3) is 11.8 Å². The van der Waals surface area contributed by atoms with Gasteiger partial charge in [-0.1, -0.05) is 12.1 Å². The van der Waals surface area contributed by atoms with Gasteiger partial charge in [-0.25, -0.2) is 4.98 Å². The number of fused-ring (bicyclic) bond motifs is 1. The Hall–Kier alpha value is -3.61. The molecule has 27 heavy (non-hydrogen) atoms. The Labute approximate surface area is 156 Å². The Morgan fingerprint density at radius 2 is 1.96 bits per heavy atom. The number of nitrogens with one attached hydrogen (secondary N) is 2. The second-order valence-corrected chi connectivity index (χ2v) is 5.65. The molecule has 1 aromatic carbocycles.